The quantitative estimate of drug-likeness (QED) is 0.744. The second kappa shape index (κ2) is 4.90. The van der Waals surface area contributed by atoms with Gasteiger partial charge in [0.1, 0.15) is 4.88 Å². The Morgan fingerprint density at radius 1 is 1.60 bits per heavy atom. The molecule has 1 aromatic heterocycles. The molecule has 0 unspecified atom stereocenters. The Morgan fingerprint density at radius 2 is 2.33 bits per heavy atom. The van der Waals surface area contributed by atoms with Gasteiger partial charge in [-0.2, -0.15) is 0 Å². The van der Waals surface area contributed by atoms with Gasteiger partial charge in [0.05, 0.1) is 6.20 Å². The van der Waals surface area contributed by atoms with Crippen LogP contribution in [0, 0.1) is 5.92 Å². The zero-order chi connectivity index (χ0) is 10.7. The predicted molar refractivity (Wildman–Crippen MR) is 59.3 cm³/mol. The lowest BCUT2D eigenvalue weighted by molar-refractivity contribution is 0.0703. The van der Waals surface area contributed by atoms with Crippen LogP contribution < -0.4 is 0 Å². The van der Waals surface area contributed by atoms with Gasteiger partial charge < -0.3 is 4.90 Å². The topological polar surface area (TPSA) is 46.1 Å². The number of alkyl halides is 1. The van der Waals surface area contributed by atoms with Crippen molar-refractivity contribution in [3.8, 4) is 0 Å². The Hall–Kier alpha value is -0.680. The Bertz CT molecular complexity index is 322. The first-order valence-corrected chi connectivity index (χ1v) is 6.24. The van der Waals surface area contributed by atoms with E-state index in [1.54, 1.807) is 0 Å². The highest BCUT2D eigenvalue weighted by Crippen LogP contribution is 2.20. The average molecular weight is 246 g/mol. The van der Waals surface area contributed by atoms with Crippen LogP contribution in [0.25, 0.3) is 0 Å². The lowest BCUT2D eigenvalue weighted by Crippen LogP contribution is -2.38. The minimum Gasteiger partial charge on any atom is -0.338 e. The van der Waals surface area contributed by atoms with Crippen LogP contribution in [0.3, 0.4) is 0 Å². The summed E-state index contributed by atoms with van der Waals surface area (Å²) in [4.78, 5) is 14.4. The maximum absolute atomic E-state index is 11.9. The van der Waals surface area contributed by atoms with E-state index in [1.807, 2.05) is 4.90 Å². The Balaban J connectivity index is 1.93. The summed E-state index contributed by atoms with van der Waals surface area (Å²) in [5, 5.41) is 3.67. The molecule has 1 fully saturated rings. The van der Waals surface area contributed by atoms with Crippen LogP contribution in [0.2, 0.25) is 0 Å². The summed E-state index contributed by atoms with van der Waals surface area (Å²) < 4.78 is 3.69. The number of hydrogen-bond donors (Lipinski definition) is 0. The van der Waals surface area contributed by atoms with Gasteiger partial charge in [-0.25, -0.2) is 0 Å². The zero-order valence-electron chi connectivity index (χ0n) is 8.23. The Labute approximate surface area is 97.4 Å². The molecule has 15 heavy (non-hydrogen) atoms. The lowest BCUT2D eigenvalue weighted by Gasteiger charge is -2.30. The van der Waals surface area contributed by atoms with Crippen molar-refractivity contribution >= 4 is 29.0 Å². The Morgan fingerprint density at radius 3 is 2.87 bits per heavy atom. The molecule has 0 atom stereocenters. The van der Waals surface area contributed by atoms with E-state index in [-0.39, 0.29) is 5.91 Å². The van der Waals surface area contributed by atoms with Gasteiger partial charge in [0, 0.05) is 19.0 Å². The van der Waals surface area contributed by atoms with Crippen LogP contribution in [-0.2, 0) is 0 Å². The maximum Gasteiger partial charge on any atom is 0.267 e. The molecule has 4 nitrogen and oxygen atoms in total. The smallest absolute Gasteiger partial charge is 0.267 e. The third-order valence-corrected chi connectivity index (χ3v) is 3.78. The highest BCUT2D eigenvalue weighted by atomic mass is 35.5. The molecule has 6 heteroatoms. The van der Waals surface area contributed by atoms with Crippen molar-refractivity contribution in [2.45, 2.75) is 12.8 Å². The number of carbonyl (C=O) groups is 1. The first kappa shape index (κ1) is 10.8. The minimum atomic E-state index is 0.0537. The molecule has 0 saturated carbocycles. The van der Waals surface area contributed by atoms with Gasteiger partial charge in [-0.3, -0.25) is 4.79 Å². The molecular formula is C9H12ClN3OS. The molecule has 1 aliphatic heterocycles. The number of hydrogen-bond acceptors (Lipinski definition) is 4. The van der Waals surface area contributed by atoms with Gasteiger partial charge in [-0.15, -0.1) is 16.7 Å². The number of halogens is 1. The van der Waals surface area contributed by atoms with Crippen LogP contribution in [0.5, 0.6) is 0 Å². The zero-order valence-corrected chi connectivity index (χ0v) is 9.80. The molecule has 1 aliphatic rings. The van der Waals surface area contributed by atoms with Gasteiger partial charge >= 0.3 is 0 Å². The van der Waals surface area contributed by atoms with Gasteiger partial charge in [0.2, 0.25) is 0 Å². The monoisotopic (exact) mass is 245 g/mol. The van der Waals surface area contributed by atoms with Crippen molar-refractivity contribution < 1.29 is 4.79 Å². The van der Waals surface area contributed by atoms with E-state index in [9.17, 15) is 4.79 Å². The molecule has 0 spiro atoms. The van der Waals surface area contributed by atoms with Crippen molar-refractivity contribution in [2.75, 3.05) is 19.0 Å². The van der Waals surface area contributed by atoms with Gasteiger partial charge in [0.15, 0.2) is 0 Å². The summed E-state index contributed by atoms with van der Waals surface area (Å²) >= 11 is 6.94. The summed E-state index contributed by atoms with van der Waals surface area (Å²) in [5.74, 6) is 1.32. The largest absolute Gasteiger partial charge is 0.338 e. The molecule has 2 heterocycles. The predicted octanol–water partition coefficient (Wildman–Crippen LogP) is 1.63. The molecule has 2 rings (SSSR count). The van der Waals surface area contributed by atoms with Crippen molar-refractivity contribution in [3.63, 3.8) is 0 Å². The SMILES string of the molecule is O=C(c1cnns1)N1CCC(CCl)CC1. The molecule has 0 aliphatic carbocycles. The lowest BCUT2D eigenvalue weighted by atomic mass is 9.99. The van der Waals surface area contributed by atoms with E-state index < -0.39 is 0 Å². The third-order valence-electron chi connectivity index (χ3n) is 2.69. The highest BCUT2D eigenvalue weighted by molar-refractivity contribution is 7.07. The first-order valence-electron chi connectivity index (χ1n) is 4.94. The van der Waals surface area contributed by atoms with E-state index in [0.29, 0.717) is 16.7 Å². The van der Waals surface area contributed by atoms with Crippen LogP contribution in [0.4, 0.5) is 0 Å². The molecule has 0 aromatic carbocycles. The number of amides is 1. The number of aromatic nitrogens is 2. The van der Waals surface area contributed by atoms with E-state index in [2.05, 4.69) is 9.59 Å². The van der Waals surface area contributed by atoms with E-state index in [4.69, 9.17) is 11.6 Å². The van der Waals surface area contributed by atoms with Crippen LogP contribution in [0.15, 0.2) is 6.20 Å². The second-order valence-electron chi connectivity index (χ2n) is 3.67. The molecule has 82 valence electrons. The fourth-order valence-corrected chi connectivity index (χ4v) is 2.50. The Kier molecular flexibility index (Phi) is 3.53. The molecule has 1 amide bonds. The summed E-state index contributed by atoms with van der Waals surface area (Å²) in [6.45, 7) is 1.60. The number of rotatable bonds is 2. The molecule has 1 aromatic rings. The van der Waals surface area contributed by atoms with Gasteiger partial charge in [-0.05, 0) is 30.3 Å². The van der Waals surface area contributed by atoms with Crippen LogP contribution in [0.1, 0.15) is 22.5 Å². The van der Waals surface area contributed by atoms with Crippen molar-refractivity contribution in [2.24, 2.45) is 5.92 Å². The standard InChI is InChI=1S/C9H12ClN3OS/c10-5-7-1-3-13(4-2-7)9(14)8-6-11-12-15-8/h6-7H,1-5H2. The number of carbonyl (C=O) groups excluding carboxylic acids is 1. The number of likely N-dealkylation sites (tertiary alicyclic amines) is 1. The third kappa shape index (κ3) is 2.46. The highest BCUT2D eigenvalue weighted by Gasteiger charge is 2.23. The molecular weight excluding hydrogens is 234 g/mol. The molecule has 1 saturated heterocycles. The van der Waals surface area contributed by atoms with Gasteiger partial charge in [0.25, 0.3) is 5.91 Å². The molecule has 0 bridgehead atoms. The normalized spacial score (nSPS) is 18.1. The van der Waals surface area contributed by atoms with E-state index >= 15 is 0 Å². The maximum atomic E-state index is 11.9. The van der Waals surface area contributed by atoms with Crippen molar-refractivity contribution in [1.82, 2.24) is 14.5 Å². The summed E-state index contributed by atoms with van der Waals surface area (Å²) in [5.41, 5.74) is 0. The summed E-state index contributed by atoms with van der Waals surface area (Å²) in [6.07, 6.45) is 3.53. The fraction of sp³-hybridized carbons (Fsp3) is 0.667. The molecule has 0 N–H and O–H groups in total. The first-order chi connectivity index (χ1) is 7.31. The number of piperidine rings is 1. The second-order valence-corrected chi connectivity index (χ2v) is 4.77. The fourth-order valence-electron chi connectivity index (χ4n) is 1.71. The van der Waals surface area contributed by atoms with Crippen molar-refractivity contribution in [3.05, 3.63) is 11.1 Å². The molecule has 0 radical (unpaired) electrons. The van der Waals surface area contributed by atoms with Crippen molar-refractivity contribution in [1.29, 1.82) is 0 Å². The van der Waals surface area contributed by atoms with Crippen LogP contribution in [-0.4, -0.2) is 39.4 Å². The van der Waals surface area contributed by atoms with E-state index in [1.165, 1.54) is 6.20 Å². The van der Waals surface area contributed by atoms with Gasteiger partial charge in [-0.1, -0.05) is 4.49 Å². The average Bonchev–Trinajstić information content (AvgIpc) is 2.82. The minimum absolute atomic E-state index is 0.0537. The summed E-state index contributed by atoms with van der Waals surface area (Å²) in [7, 11) is 0. The van der Waals surface area contributed by atoms with E-state index in [0.717, 1.165) is 37.5 Å². The summed E-state index contributed by atoms with van der Waals surface area (Å²) in [6, 6.07) is 0. The number of nitrogens with zero attached hydrogens (tertiary/aromatic N) is 3. The van der Waals surface area contributed by atoms with Crippen LogP contribution >= 0.6 is 23.1 Å².